The molecule has 0 spiro atoms. The molecule has 0 unspecified atom stereocenters. The molecule has 0 aromatic carbocycles. The van der Waals surface area contributed by atoms with Crippen molar-refractivity contribution in [3.63, 3.8) is 0 Å². The summed E-state index contributed by atoms with van der Waals surface area (Å²) in [6, 6.07) is 3.76. The van der Waals surface area contributed by atoms with Gasteiger partial charge in [-0.25, -0.2) is 0 Å². The first kappa shape index (κ1) is 6.55. The summed E-state index contributed by atoms with van der Waals surface area (Å²) in [7, 11) is 0. The van der Waals surface area contributed by atoms with E-state index in [9.17, 15) is 5.11 Å². The van der Waals surface area contributed by atoms with E-state index < -0.39 is 0 Å². The standard InChI is InChI=1S/C9H9NO/c11-9-5-1-4-8-7(9)3-2-6-10-8/h1-4,6,9,11H,5H2/t9-/m1/s1. The number of aromatic nitrogens is 1. The topological polar surface area (TPSA) is 33.1 Å². The third-order valence-corrected chi connectivity index (χ3v) is 1.87. The van der Waals surface area contributed by atoms with Crippen LogP contribution in [0.3, 0.4) is 0 Å². The molecule has 2 heteroatoms. The molecule has 0 saturated carbocycles. The lowest BCUT2D eigenvalue weighted by Crippen LogP contribution is -2.03. The van der Waals surface area contributed by atoms with E-state index in [4.69, 9.17) is 0 Å². The van der Waals surface area contributed by atoms with Gasteiger partial charge in [0.1, 0.15) is 0 Å². The van der Waals surface area contributed by atoms with Crippen molar-refractivity contribution in [1.29, 1.82) is 0 Å². The van der Waals surface area contributed by atoms with Gasteiger partial charge in [0.05, 0.1) is 11.8 Å². The molecule has 1 aliphatic carbocycles. The van der Waals surface area contributed by atoms with Gasteiger partial charge in [-0.15, -0.1) is 0 Å². The Balaban J connectivity index is 2.54. The second-order valence-electron chi connectivity index (χ2n) is 2.63. The van der Waals surface area contributed by atoms with Gasteiger partial charge in [-0.2, -0.15) is 0 Å². The van der Waals surface area contributed by atoms with E-state index in [1.165, 1.54) is 0 Å². The van der Waals surface area contributed by atoms with Gasteiger partial charge in [-0.3, -0.25) is 4.98 Å². The lowest BCUT2D eigenvalue weighted by atomic mass is 10.00. The van der Waals surface area contributed by atoms with Gasteiger partial charge >= 0.3 is 0 Å². The number of aliphatic hydroxyl groups is 1. The van der Waals surface area contributed by atoms with Crippen molar-refractivity contribution >= 4 is 6.08 Å². The molecule has 0 radical (unpaired) electrons. The first-order valence-corrected chi connectivity index (χ1v) is 3.67. The molecule has 0 amide bonds. The molecule has 1 atom stereocenters. The fraction of sp³-hybridized carbons (Fsp3) is 0.222. The molecule has 0 bridgehead atoms. The summed E-state index contributed by atoms with van der Waals surface area (Å²) >= 11 is 0. The van der Waals surface area contributed by atoms with E-state index in [0.717, 1.165) is 11.3 Å². The lowest BCUT2D eigenvalue weighted by Gasteiger charge is -2.14. The van der Waals surface area contributed by atoms with Crippen LogP contribution in [0.4, 0.5) is 0 Å². The minimum Gasteiger partial charge on any atom is -0.388 e. The van der Waals surface area contributed by atoms with E-state index in [0.29, 0.717) is 6.42 Å². The molecule has 1 heterocycles. The first-order valence-electron chi connectivity index (χ1n) is 3.67. The van der Waals surface area contributed by atoms with E-state index in [2.05, 4.69) is 4.98 Å². The molecule has 1 N–H and O–H groups in total. The van der Waals surface area contributed by atoms with Crippen LogP contribution in [0.25, 0.3) is 6.08 Å². The maximum atomic E-state index is 9.47. The summed E-state index contributed by atoms with van der Waals surface area (Å²) in [5, 5.41) is 9.47. The normalized spacial score (nSPS) is 21.4. The molecule has 2 nitrogen and oxygen atoms in total. The SMILES string of the molecule is O[C@@H]1CC=Cc2ncccc21. The molecule has 0 aliphatic heterocycles. The summed E-state index contributed by atoms with van der Waals surface area (Å²) in [6.45, 7) is 0. The lowest BCUT2D eigenvalue weighted by molar-refractivity contribution is 0.179. The number of hydrogen-bond donors (Lipinski definition) is 1. The molecule has 2 rings (SSSR count). The minimum absolute atomic E-state index is 0.358. The molecular weight excluding hydrogens is 138 g/mol. The van der Waals surface area contributed by atoms with Gasteiger partial charge in [-0.1, -0.05) is 12.1 Å². The van der Waals surface area contributed by atoms with Gasteiger partial charge in [0.15, 0.2) is 0 Å². The zero-order chi connectivity index (χ0) is 7.68. The average Bonchev–Trinajstić information content (AvgIpc) is 2.06. The van der Waals surface area contributed by atoms with Gasteiger partial charge < -0.3 is 5.11 Å². The molecule has 1 aliphatic rings. The van der Waals surface area contributed by atoms with Crippen molar-refractivity contribution < 1.29 is 5.11 Å². The van der Waals surface area contributed by atoms with Crippen LogP contribution in [0, 0.1) is 0 Å². The number of pyridine rings is 1. The Bertz CT molecular complexity index is 293. The Kier molecular flexibility index (Phi) is 1.47. The third-order valence-electron chi connectivity index (χ3n) is 1.87. The van der Waals surface area contributed by atoms with Crippen molar-refractivity contribution in [3.05, 3.63) is 35.7 Å². The van der Waals surface area contributed by atoms with Crippen LogP contribution in [0.5, 0.6) is 0 Å². The Labute approximate surface area is 65.2 Å². The second-order valence-corrected chi connectivity index (χ2v) is 2.63. The van der Waals surface area contributed by atoms with E-state index >= 15 is 0 Å². The van der Waals surface area contributed by atoms with Crippen LogP contribution in [0.15, 0.2) is 24.4 Å². The highest BCUT2D eigenvalue weighted by Crippen LogP contribution is 2.24. The Hall–Kier alpha value is -1.15. The predicted molar refractivity (Wildman–Crippen MR) is 42.8 cm³/mol. The molecule has 0 saturated heterocycles. The van der Waals surface area contributed by atoms with E-state index in [1.54, 1.807) is 6.20 Å². The van der Waals surface area contributed by atoms with Gasteiger partial charge in [0, 0.05) is 11.8 Å². The summed E-state index contributed by atoms with van der Waals surface area (Å²) in [5.74, 6) is 0. The molecular formula is C9H9NO. The van der Waals surface area contributed by atoms with Gasteiger partial charge in [-0.05, 0) is 18.6 Å². The fourth-order valence-electron chi connectivity index (χ4n) is 1.29. The second kappa shape index (κ2) is 2.47. The predicted octanol–water partition coefficient (Wildman–Crippen LogP) is 1.53. The van der Waals surface area contributed by atoms with Crippen molar-refractivity contribution in [3.8, 4) is 0 Å². The maximum Gasteiger partial charge on any atom is 0.0845 e. The fourth-order valence-corrected chi connectivity index (χ4v) is 1.29. The number of fused-ring (bicyclic) bond motifs is 1. The van der Waals surface area contributed by atoms with Crippen LogP contribution < -0.4 is 0 Å². The summed E-state index contributed by atoms with van der Waals surface area (Å²) in [4.78, 5) is 4.12. The Morgan fingerprint density at radius 2 is 2.45 bits per heavy atom. The van der Waals surface area contributed by atoms with E-state index in [1.807, 2.05) is 24.3 Å². The highest BCUT2D eigenvalue weighted by Gasteiger charge is 2.13. The maximum absolute atomic E-state index is 9.47. The molecule has 11 heavy (non-hydrogen) atoms. The number of aliphatic hydroxyl groups excluding tert-OH is 1. The number of nitrogens with zero attached hydrogens (tertiary/aromatic N) is 1. The Morgan fingerprint density at radius 3 is 3.27 bits per heavy atom. The van der Waals surface area contributed by atoms with Gasteiger partial charge in [0.2, 0.25) is 0 Å². The quantitative estimate of drug-likeness (QED) is 0.603. The molecule has 1 aromatic heterocycles. The number of rotatable bonds is 0. The highest BCUT2D eigenvalue weighted by molar-refractivity contribution is 5.52. The van der Waals surface area contributed by atoms with Crippen molar-refractivity contribution in [2.45, 2.75) is 12.5 Å². The van der Waals surface area contributed by atoms with Crippen molar-refractivity contribution in [2.24, 2.45) is 0 Å². The molecule has 0 fully saturated rings. The highest BCUT2D eigenvalue weighted by atomic mass is 16.3. The Morgan fingerprint density at radius 1 is 1.55 bits per heavy atom. The van der Waals surface area contributed by atoms with Crippen molar-refractivity contribution in [1.82, 2.24) is 4.98 Å². The summed E-state index contributed by atoms with van der Waals surface area (Å²) in [5.41, 5.74) is 1.83. The first-order chi connectivity index (χ1) is 5.38. The van der Waals surface area contributed by atoms with Crippen LogP contribution in [-0.2, 0) is 0 Å². The molecule has 1 aromatic rings. The largest absolute Gasteiger partial charge is 0.388 e. The van der Waals surface area contributed by atoms with E-state index in [-0.39, 0.29) is 6.10 Å². The van der Waals surface area contributed by atoms with Crippen LogP contribution in [-0.4, -0.2) is 10.1 Å². The summed E-state index contributed by atoms with van der Waals surface area (Å²) in [6.07, 6.45) is 5.98. The summed E-state index contributed by atoms with van der Waals surface area (Å²) < 4.78 is 0. The van der Waals surface area contributed by atoms with Crippen LogP contribution in [0.2, 0.25) is 0 Å². The smallest absolute Gasteiger partial charge is 0.0845 e. The monoisotopic (exact) mass is 147 g/mol. The third kappa shape index (κ3) is 1.05. The van der Waals surface area contributed by atoms with Crippen LogP contribution in [0.1, 0.15) is 23.8 Å². The zero-order valence-corrected chi connectivity index (χ0v) is 6.07. The minimum atomic E-state index is -0.358. The molecule has 56 valence electrons. The average molecular weight is 147 g/mol. The number of hydrogen-bond acceptors (Lipinski definition) is 2. The van der Waals surface area contributed by atoms with Crippen molar-refractivity contribution in [2.75, 3.05) is 0 Å². The van der Waals surface area contributed by atoms with Crippen LogP contribution >= 0.6 is 0 Å². The zero-order valence-electron chi connectivity index (χ0n) is 6.07. The van der Waals surface area contributed by atoms with Gasteiger partial charge in [0.25, 0.3) is 0 Å².